The monoisotopic (exact) mass is 197 g/mol. The molecule has 4 nitrogen and oxygen atoms in total. The van der Waals surface area contributed by atoms with E-state index in [-0.39, 0.29) is 6.10 Å². The number of aromatic nitrogens is 2. The number of rotatable bonds is 6. The Bertz CT molecular complexity index is 234. The Morgan fingerprint density at radius 2 is 2.36 bits per heavy atom. The summed E-state index contributed by atoms with van der Waals surface area (Å²) in [5, 5.41) is 12.7. The van der Waals surface area contributed by atoms with Crippen LogP contribution in [0.4, 0.5) is 0 Å². The van der Waals surface area contributed by atoms with Crippen molar-refractivity contribution in [1.29, 1.82) is 0 Å². The first kappa shape index (κ1) is 11.2. The highest BCUT2D eigenvalue weighted by molar-refractivity contribution is 4.93. The maximum absolute atomic E-state index is 9.56. The third kappa shape index (κ3) is 4.39. The average molecular weight is 197 g/mol. The fourth-order valence-corrected chi connectivity index (χ4v) is 1.38. The molecule has 80 valence electrons. The van der Waals surface area contributed by atoms with Crippen molar-refractivity contribution >= 4 is 0 Å². The van der Waals surface area contributed by atoms with E-state index in [0.29, 0.717) is 12.5 Å². The Labute approximate surface area is 84.8 Å². The van der Waals surface area contributed by atoms with Crippen LogP contribution in [0.1, 0.15) is 26.0 Å². The molecule has 3 N–H and O–H groups in total. The minimum atomic E-state index is -0.252. The highest BCUT2D eigenvalue weighted by Crippen LogP contribution is 2.03. The van der Waals surface area contributed by atoms with E-state index in [4.69, 9.17) is 0 Å². The van der Waals surface area contributed by atoms with Gasteiger partial charge < -0.3 is 15.4 Å². The molecule has 0 amide bonds. The molecule has 0 saturated carbocycles. The van der Waals surface area contributed by atoms with Crippen LogP contribution >= 0.6 is 0 Å². The SMILES string of the molecule is CC(C)CC(O)CNCc1cnc[nH]1. The number of hydrogen-bond acceptors (Lipinski definition) is 3. The Morgan fingerprint density at radius 3 is 2.93 bits per heavy atom. The number of imidazole rings is 1. The molecule has 1 heterocycles. The van der Waals surface area contributed by atoms with Gasteiger partial charge in [0.25, 0.3) is 0 Å². The minimum Gasteiger partial charge on any atom is -0.392 e. The molecule has 0 saturated heterocycles. The molecule has 0 aliphatic carbocycles. The van der Waals surface area contributed by atoms with Crippen molar-refractivity contribution in [3.8, 4) is 0 Å². The van der Waals surface area contributed by atoms with E-state index in [9.17, 15) is 5.11 Å². The summed E-state index contributed by atoms with van der Waals surface area (Å²) in [4.78, 5) is 6.91. The molecule has 0 spiro atoms. The highest BCUT2D eigenvalue weighted by atomic mass is 16.3. The topological polar surface area (TPSA) is 60.9 Å². The molecule has 1 atom stereocenters. The number of nitrogens with zero attached hydrogens (tertiary/aromatic N) is 1. The van der Waals surface area contributed by atoms with Gasteiger partial charge in [-0.15, -0.1) is 0 Å². The van der Waals surface area contributed by atoms with Gasteiger partial charge in [0, 0.05) is 25.0 Å². The molecule has 14 heavy (non-hydrogen) atoms. The summed E-state index contributed by atoms with van der Waals surface area (Å²) in [6, 6.07) is 0. The molecule has 1 unspecified atom stereocenters. The Morgan fingerprint density at radius 1 is 1.57 bits per heavy atom. The maximum Gasteiger partial charge on any atom is 0.0922 e. The molecule has 1 rings (SSSR count). The van der Waals surface area contributed by atoms with E-state index < -0.39 is 0 Å². The van der Waals surface area contributed by atoms with Crippen LogP contribution in [0.15, 0.2) is 12.5 Å². The van der Waals surface area contributed by atoms with Crippen LogP contribution in [-0.2, 0) is 6.54 Å². The third-order valence-electron chi connectivity index (χ3n) is 1.99. The molecule has 0 bridgehead atoms. The van der Waals surface area contributed by atoms with Crippen LogP contribution in [0.25, 0.3) is 0 Å². The first-order valence-corrected chi connectivity index (χ1v) is 5.04. The number of aliphatic hydroxyl groups is 1. The molecule has 1 aromatic heterocycles. The molecule has 0 radical (unpaired) electrons. The van der Waals surface area contributed by atoms with Crippen molar-refractivity contribution in [3.63, 3.8) is 0 Å². The fourth-order valence-electron chi connectivity index (χ4n) is 1.38. The minimum absolute atomic E-state index is 0.252. The van der Waals surface area contributed by atoms with Crippen molar-refractivity contribution in [1.82, 2.24) is 15.3 Å². The van der Waals surface area contributed by atoms with Gasteiger partial charge in [-0.3, -0.25) is 0 Å². The van der Waals surface area contributed by atoms with Gasteiger partial charge in [-0.05, 0) is 12.3 Å². The first-order valence-electron chi connectivity index (χ1n) is 5.04. The van der Waals surface area contributed by atoms with Crippen LogP contribution < -0.4 is 5.32 Å². The summed E-state index contributed by atoms with van der Waals surface area (Å²) < 4.78 is 0. The zero-order valence-electron chi connectivity index (χ0n) is 8.83. The van der Waals surface area contributed by atoms with Gasteiger partial charge >= 0.3 is 0 Å². The van der Waals surface area contributed by atoms with E-state index >= 15 is 0 Å². The molecule has 0 aliphatic heterocycles. The fraction of sp³-hybridized carbons (Fsp3) is 0.700. The zero-order valence-corrected chi connectivity index (χ0v) is 8.83. The second kappa shape index (κ2) is 5.78. The largest absolute Gasteiger partial charge is 0.392 e. The van der Waals surface area contributed by atoms with E-state index in [2.05, 4.69) is 29.1 Å². The summed E-state index contributed by atoms with van der Waals surface area (Å²) >= 11 is 0. The first-order chi connectivity index (χ1) is 6.68. The van der Waals surface area contributed by atoms with Crippen LogP contribution in [0, 0.1) is 5.92 Å². The Kier molecular flexibility index (Phi) is 4.62. The van der Waals surface area contributed by atoms with Crippen molar-refractivity contribution in [2.45, 2.75) is 32.9 Å². The quantitative estimate of drug-likeness (QED) is 0.635. The van der Waals surface area contributed by atoms with Crippen molar-refractivity contribution < 1.29 is 5.11 Å². The number of hydrogen-bond donors (Lipinski definition) is 3. The molecule has 0 aromatic carbocycles. The van der Waals surface area contributed by atoms with E-state index in [1.807, 2.05) is 0 Å². The van der Waals surface area contributed by atoms with E-state index in [1.54, 1.807) is 12.5 Å². The number of nitrogens with one attached hydrogen (secondary N) is 2. The summed E-state index contributed by atoms with van der Waals surface area (Å²) in [6.07, 6.45) is 4.03. The molecular formula is C10H19N3O. The second-order valence-electron chi connectivity index (χ2n) is 3.99. The summed E-state index contributed by atoms with van der Waals surface area (Å²) in [5.41, 5.74) is 1.04. The smallest absolute Gasteiger partial charge is 0.0922 e. The lowest BCUT2D eigenvalue weighted by Crippen LogP contribution is -2.27. The van der Waals surface area contributed by atoms with Crippen LogP contribution in [0.3, 0.4) is 0 Å². The van der Waals surface area contributed by atoms with Gasteiger partial charge in [0.15, 0.2) is 0 Å². The predicted molar refractivity (Wildman–Crippen MR) is 55.8 cm³/mol. The van der Waals surface area contributed by atoms with Crippen LogP contribution in [0.5, 0.6) is 0 Å². The molecule has 1 aromatic rings. The standard InChI is InChI=1S/C10H19N3O/c1-8(2)3-10(14)6-11-4-9-5-12-7-13-9/h5,7-8,10-11,14H,3-4,6H2,1-2H3,(H,12,13). The lowest BCUT2D eigenvalue weighted by Gasteiger charge is -2.13. The second-order valence-corrected chi connectivity index (χ2v) is 3.99. The number of H-pyrrole nitrogens is 1. The molecular weight excluding hydrogens is 178 g/mol. The van der Waals surface area contributed by atoms with Crippen molar-refractivity contribution in [3.05, 3.63) is 18.2 Å². The zero-order chi connectivity index (χ0) is 10.4. The van der Waals surface area contributed by atoms with Gasteiger partial charge in [-0.25, -0.2) is 4.98 Å². The lowest BCUT2D eigenvalue weighted by atomic mass is 10.1. The van der Waals surface area contributed by atoms with Gasteiger partial charge in [-0.2, -0.15) is 0 Å². The lowest BCUT2D eigenvalue weighted by molar-refractivity contribution is 0.146. The number of aromatic amines is 1. The molecule has 4 heteroatoms. The third-order valence-corrected chi connectivity index (χ3v) is 1.99. The molecule has 0 fully saturated rings. The van der Waals surface area contributed by atoms with E-state index in [1.165, 1.54) is 0 Å². The van der Waals surface area contributed by atoms with Gasteiger partial charge in [0.1, 0.15) is 0 Å². The van der Waals surface area contributed by atoms with Gasteiger partial charge in [0.2, 0.25) is 0 Å². The predicted octanol–water partition coefficient (Wildman–Crippen LogP) is 0.906. The number of aliphatic hydroxyl groups excluding tert-OH is 1. The maximum atomic E-state index is 9.56. The van der Waals surface area contributed by atoms with Crippen molar-refractivity contribution in [2.75, 3.05) is 6.54 Å². The molecule has 0 aliphatic rings. The van der Waals surface area contributed by atoms with Crippen LogP contribution in [0.2, 0.25) is 0 Å². The summed E-state index contributed by atoms with van der Waals surface area (Å²) in [6.45, 7) is 5.59. The van der Waals surface area contributed by atoms with Gasteiger partial charge in [-0.1, -0.05) is 13.8 Å². The van der Waals surface area contributed by atoms with Gasteiger partial charge in [0.05, 0.1) is 12.4 Å². The Balaban J connectivity index is 2.09. The van der Waals surface area contributed by atoms with Crippen molar-refractivity contribution in [2.24, 2.45) is 5.92 Å². The highest BCUT2D eigenvalue weighted by Gasteiger charge is 2.05. The normalized spacial score (nSPS) is 13.4. The Hall–Kier alpha value is -0.870. The van der Waals surface area contributed by atoms with E-state index in [0.717, 1.165) is 18.7 Å². The average Bonchev–Trinajstić information content (AvgIpc) is 2.55. The summed E-state index contributed by atoms with van der Waals surface area (Å²) in [7, 11) is 0. The van der Waals surface area contributed by atoms with Crippen LogP contribution in [-0.4, -0.2) is 27.7 Å². The summed E-state index contributed by atoms with van der Waals surface area (Å²) in [5.74, 6) is 0.541.